The molecule has 0 radical (unpaired) electrons. The lowest BCUT2D eigenvalue weighted by Crippen LogP contribution is -2.31. The SMILES string of the molecule is CCCCC(CC)(CN)CCC(C)(C)C. The summed E-state index contributed by atoms with van der Waals surface area (Å²) in [5, 5.41) is 0. The number of nitrogens with two attached hydrogens (primary N) is 1. The number of rotatable bonds is 7. The molecule has 1 unspecified atom stereocenters. The minimum Gasteiger partial charge on any atom is -0.330 e. The quantitative estimate of drug-likeness (QED) is 0.668. The summed E-state index contributed by atoms with van der Waals surface area (Å²) < 4.78 is 0. The van der Waals surface area contributed by atoms with Gasteiger partial charge < -0.3 is 5.73 Å². The lowest BCUT2D eigenvalue weighted by atomic mass is 9.73. The molecule has 0 heterocycles. The van der Waals surface area contributed by atoms with Gasteiger partial charge in [-0.25, -0.2) is 0 Å². The minimum atomic E-state index is 0.420. The first-order chi connectivity index (χ1) is 6.89. The summed E-state index contributed by atoms with van der Waals surface area (Å²) in [5.74, 6) is 0. The Kier molecular flexibility index (Phi) is 6.51. The van der Waals surface area contributed by atoms with Gasteiger partial charge in [0.25, 0.3) is 0 Å². The van der Waals surface area contributed by atoms with Gasteiger partial charge in [0.15, 0.2) is 0 Å². The highest BCUT2D eigenvalue weighted by molar-refractivity contribution is 4.81. The molecular weight excluding hydrogens is 182 g/mol. The van der Waals surface area contributed by atoms with Crippen LogP contribution in [0.1, 0.15) is 73.1 Å². The maximum Gasteiger partial charge on any atom is -0.00206 e. The van der Waals surface area contributed by atoms with E-state index in [1.807, 2.05) is 0 Å². The molecule has 0 spiro atoms. The van der Waals surface area contributed by atoms with Gasteiger partial charge in [-0.1, -0.05) is 47.5 Å². The van der Waals surface area contributed by atoms with Gasteiger partial charge in [0.2, 0.25) is 0 Å². The van der Waals surface area contributed by atoms with Crippen LogP contribution in [0, 0.1) is 10.8 Å². The van der Waals surface area contributed by atoms with E-state index in [1.165, 1.54) is 38.5 Å². The molecule has 0 rings (SSSR count). The third-order valence-electron chi connectivity index (χ3n) is 3.65. The molecule has 0 aromatic carbocycles. The van der Waals surface area contributed by atoms with Crippen LogP contribution in [0.25, 0.3) is 0 Å². The van der Waals surface area contributed by atoms with Crippen molar-refractivity contribution < 1.29 is 0 Å². The Morgan fingerprint density at radius 1 is 0.933 bits per heavy atom. The second-order valence-electron chi connectivity index (χ2n) is 6.22. The van der Waals surface area contributed by atoms with E-state index in [-0.39, 0.29) is 0 Å². The maximum atomic E-state index is 5.99. The van der Waals surface area contributed by atoms with Crippen LogP contribution < -0.4 is 5.73 Å². The molecule has 15 heavy (non-hydrogen) atoms. The predicted octanol–water partition coefficient (Wildman–Crippen LogP) is 4.36. The molecule has 0 aliphatic heterocycles. The predicted molar refractivity (Wildman–Crippen MR) is 70.0 cm³/mol. The van der Waals surface area contributed by atoms with E-state index in [0.29, 0.717) is 10.8 Å². The lowest BCUT2D eigenvalue weighted by Gasteiger charge is -2.34. The van der Waals surface area contributed by atoms with Gasteiger partial charge in [-0.3, -0.25) is 0 Å². The van der Waals surface area contributed by atoms with Crippen LogP contribution in [0.2, 0.25) is 0 Å². The van der Waals surface area contributed by atoms with Gasteiger partial charge in [0.1, 0.15) is 0 Å². The Hall–Kier alpha value is -0.0400. The highest BCUT2D eigenvalue weighted by Crippen LogP contribution is 2.36. The second-order valence-corrected chi connectivity index (χ2v) is 6.22. The number of hydrogen-bond acceptors (Lipinski definition) is 1. The second kappa shape index (κ2) is 6.52. The molecule has 1 atom stereocenters. The smallest absolute Gasteiger partial charge is 0.00206 e. The molecule has 0 saturated carbocycles. The number of hydrogen-bond donors (Lipinski definition) is 1. The Morgan fingerprint density at radius 3 is 1.87 bits per heavy atom. The topological polar surface area (TPSA) is 26.0 Å². The summed E-state index contributed by atoms with van der Waals surface area (Å²) >= 11 is 0. The van der Waals surface area contributed by atoms with Crippen molar-refractivity contribution in [3.05, 3.63) is 0 Å². The van der Waals surface area contributed by atoms with Gasteiger partial charge in [-0.05, 0) is 43.1 Å². The van der Waals surface area contributed by atoms with E-state index in [9.17, 15) is 0 Å². The van der Waals surface area contributed by atoms with Crippen molar-refractivity contribution in [2.45, 2.75) is 73.1 Å². The summed E-state index contributed by atoms with van der Waals surface area (Å²) in [6, 6.07) is 0. The van der Waals surface area contributed by atoms with Crippen molar-refractivity contribution in [1.29, 1.82) is 0 Å². The molecule has 0 saturated heterocycles. The van der Waals surface area contributed by atoms with E-state index in [2.05, 4.69) is 34.6 Å². The molecule has 2 N–H and O–H groups in total. The first-order valence-corrected chi connectivity index (χ1v) is 6.59. The van der Waals surface area contributed by atoms with Crippen LogP contribution in [0.3, 0.4) is 0 Å². The Morgan fingerprint density at radius 2 is 1.53 bits per heavy atom. The van der Waals surface area contributed by atoms with Crippen LogP contribution >= 0.6 is 0 Å². The Bertz CT molecular complexity index is 151. The molecule has 1 nitrogen and oxygen atoms in total. The monoisotopic (exact) mass is 213 g/mol. The fourth-order valence-electron chi connectivity index (χ4n) is 2.02. The third-order valence-corrected chi connectivity index (χ3v) is 3.65. The summed E-state index contributed by atoms with van der Waals surface area (Å²) in [6.07, 6.45) is 7.75. The molecule has 0 fully saturated rings. The van der Waals surface area contributed by atoms with Crippen LogP contribution in [-0.2, 0) is 0 Å². The normalized spacial score (nSPS) is 16.4. The van der Waals surface area contributed by atoms with Gasteiger partial charge in [0, 0.05) is 0 Å². The summed E-state index contributed by atoms with van der Waals surface area (Å²) in [7, 11) is 0. The molecule has 0 aliphatic carbocycles. The number of unbranched alkanes of at least 4 members (excludes halogenated alkanes) is 1. The van der Waals surface area contributed by atoms with Gasteiger partial charge >= 0.3 is 0 Å². The van der Waals surface area contributed by atoms with Crippen molar-refractivity contribution in [2.75, 3.05) is 6.54 Å². The van der Waals surface area contributed by atoms with Crippen LogP contribution in [-0.4, -0.2) is 6.54 Å². The average Bonchev–Trinajstić information content (AvgIpc) is 2.18. The Labute approximate surface area is 96.8 Å². The van der Waals surface area contributed by atoms with Crippen LogP contribution in [0.5, 0.6) is 0 Å². The van der Waals surface area contributed by atoms with Gasteiger partial charge in [0.05, 0.1) is 0 Å². The largest absolute Gasteiger partial charge is 0.330 e. The van der Waals surface area contributed by atoms with Crippen molar-refractivity contribution in [1.82, 2.24) is 0 Å². The van der Waals surface area contributed by atoms with Crippen LogP contribution in [0.15, 0.2) is 0 Å². The summed E-state index contributed by atoms with van der Waals surface area (Å²) in [5.41, 5.74) is 6.85. The minimum absolute atomic E-state index is 0.420. The zero-order chi connectivity index (χ0) is 11.9. The fourth-order valence-corrected chi connectivity index (χ4v) is 2.02. The first kappa shape index (κ1) is 15.0. The molecule has 0 aromatic rings. The van der Waals surface area contributed by atoms with Gasteiger partial charge in [-0.15, -0.1) is 0 Å². The first-order valence-electron chi connectivity index (χ1n) is 6.59. The fraction of sp³-hybridized carbons (Fsp3) is 1.00. The lowest BCUT2D eigenvalue weighted by molar-refractivity contribution is 0.191. The zero-order valence-electron chi connectivity index (χ0n) is 11.5. The molecule has 0 amide bonds. The molecule has 0 bridgehead atoms. The molecule has 0 aromatic heterocycles. The van der Waals surface area contributed by atoms with Crippen molar-refractivity contribution >= 4 is 0 Å². The van der Waals surface area contributed by atoms with Crippen LogP contribution in [0.4, 0.5) is 0 Å². The standard InChI is InChI=1S/C14H31N/c1-6-8-9-14(7-2,12-15)11-10-13(3,4)5/h6-12,15H2,1-5H3. The third kappa shape index (κ3) is 6.19. The summed E-state index contributed by atoms with van der Waals surface area (Å²) in [6.45, 7) is 12.4. The maximum absolute atomic E-state index is 5.99. The van der Waals surface area contributed by atoms with E-state index in [4.69, 9.17) is 5.73 Å². The van der Waals surface area contributed by atoms with Crippen molar-refractivity contribution in [3.63, 3.8) is 0 Å². The van der Waals surface area contributed by atoms with E-state index >= 15 is 0 Å². The molecule has 0 aliphatic rings. The van der Waals surface area contributed by atoms with Crippen molar-refractivity contribution in [3.8, 4) is 0 Å². The highest BCUT2D eigenvalue weighted by Gasteiger charge is 2.27. The highest BCUT2D eigenvalue weighted by atomic mass is 14.6. The van der Waals surface area contributed by atoms with E-state index < -0.39 is 0 Å². The Balaban J connectivity index is 4.23. The van der Waals surface area contributed by atoms with Crippen molar-refractivity contribution in [2.24, 2.45) is 16.6 Å². The van der Waals surface area contributed by atoms with E-state index in [1.54, 1.807) is 0 Å². The molecular formula is C14H31N. The molecule has 1 heteroatoms. The average molecular weight is 213 g/mol. The molecule has 92 valence electrons. The van der Waals surface area contributed by atoms with Gasteiger partial charge in [-0.2, -0.15) is 0 Å². The summed E-state index contributed by atoms with van der Waals surface area (Å²) in [4.78, 5) is 0. The zero-order valence-corrected chi connectivity index (χ0v) is 11.5. The van der Waals surface area contributed by atoms with E-state index in [0.717, 1.165) is 6.54 Å².